The van der Waals surface area contributed by atoms with E-state index in [0.29, 0.717) is 5.56 Å². The van der Waals surface area contributed by atoms with E-state index in [2.05, 4.69) is 15.9 Å². The van der Waals surface area contributed by atoms with Crippen LogP contribution in [0, 0.1) is 15.9 Å². The lowest BCUT2D eigenvalue weighted by atomic mass is 10.0. The number of Topliss-reactive ketones (excluding diaryl/α,β-unsaturated/α-hetero) is 1. The third-order valence-electron chi connectivity index (χ3n) is 2.73. The molecule has 0 aromatic heterocycles. The highest BCUT2D eigenvalue weighted by molar-refractivity contribution is 9.10. The molecule has 20 heavy (non-hydrogen) atoms. The topological polar surface area (TPSA) is 60.2 Å². The molecule has 0 atom stereocenters. The number of hydrogen-bond acceptors (Lipinski definition) is 3. The highest BCUT2D eigenvalue weighted by atomic mass is 79.9. The molecule has 0 aliphatic carbocycles. The molecule has 0 aliphatic rings. The maximum absolute atomic E-state index is 13.2. The summed E-state index contributed by atoms with van der Waals surface area (Å²) < 4.78 is 14.0. The highest BCUT2D eigenvalue weighted by Crippen LogP contribution is 2.22. The monoisotopic (exact) mass is 337 g/mol. The number of benzene rings is 2. The van der Waals surface area contributed by atoms with Crippen LogP contribution in [0.2, 0.25) is 0 Å². The summed E-state index contributed by atoms with van der Waals surface area (Å²) in [6, 6.07) is 9.86. The summed E-state index contributed by atoms with van der Waals surface area (Å²) >= 11 is 3.27. The summed E-state index contributed by atoms with van der Waals surface area (Å²) in [4.78, 5) is 22.3. The lowest BCUT2D eigenvalue weighted by Gasteiger charge is -2.03. The molecule has 0 bridgehead atoms. The van der Waals surface area contributed by atoms with E-state index in [-0.39, 0.29) is 17.7 Å². The normalized spacial score (nSPS) is 10.3. The second-order valence-electron chi connectivity index (χ2n) is 4.14. The second kappa shape index (κ2) is 5.92. The molecule has 0 heterocycles. The molecule has 0 saturated heterocycles. The molecule has 0 N–H and O–H groups in total. The van der Waals surface area contributed by atoms with Crippen LogP contribution in [0.3, 0.4) is 0 Å². The van der Waals surface area contributed by atoms with Crippen LogP contribution in [0.25, 0.3) is 0 Å². The zero-order valence-corrected chi connectivity index (χ0v) is 11.8. The van der Waals surface area contributed by atoms with Gasteiger partial charge < -0.3 is 0 Å². The summed E-state index contributed by atoms with van der Waals surface area (Å²) in [7, 11) is 0. The van der Waals surface area contributed by atoms with Gasteiger partial charge in [0.05, 0.1) is 10.5 Å². The van der Waals surface area contributed by atoms with Crippen molar-refractivity contribution in [3.63, 3.8) is 0 Å². The predicted octanol–water partition coefficient (Wildman–Crippen LogP) is 3.92. The van der Waals surface area contributed by atoms with Crippen LogP contribution in [-0.2, 0) is 6.42 Å². The van der Waals surface area contributed by atoms with Crippen LogP contribution in [0.4, 0.5) is 10.1 Å². The molecule has 0 saturated carbocycles. The minimum absolute atomic E-state index is 0.0163. The smallest absolute Gasteiger partial charge is 0.280 e. The zero-order valence-electron chi connectivity index (χ0n) is 10.2. The SMILES string of the molecule is O=C(Cc1ccc(Br)cc1)c1cc(F)ccc1[N+](=O)[O-]. The summed E-state index contributed by atoms with van der Waals surface area (Å²) in [5.41, 5.74) is 0.114. The fraction of sp³-hybridized carbons (Fsp3) is 0.0714. The molecule has 0 radical (unpaired) electrons. The Morgan fingerprint density at radius 1 is 1.20 bits per heavy atom. The van der Waals surface area contributed by atoms with Crippen LogP contribution in [0.15, 0.2) is 46.9 Å². The molecular weight excluding hydrogens is 329 g/mol. The molecule has 6 heteroatoms. The Morgan fingerprint density at radius 3 is 2.45 bits per heavy atom. The van der Waals surface area contributed by atoms with Crippen molar-refractivity contribution >= 4 is 27.4 Å². The van der Waals surface area contributed by atoms with E-state index in [4.69, 9.17) is 0 Å². The number of carbonyl (C=O) groups excluding carboxylic acids is 1. The van der Waals surface area contributed by atoms with Crippen LogP contribution in [0.5, 0.6) is 0 Å². The number of ketones is 1. The lowest BCUT2D eigenvalue weighted by Crippen LogP contribution is -2.07. The Labute approximate surface area is 122 Å². The van der Waals surface area contributed by atoms with E-state index in [0.717, 1.165) is 22.7 Å². The van der Waals surface area contributed by atoms with E-state index in [1.165, 1.54) is 0 Å². The van der Waals surface area contributed by atoms with Gasteiger partial charge in [-0.05, 0) is 29.8 Å². The number of halogens is 2. The van der Waals surface area contributed by atoms with Crippen LogP contribution < -0.4 is 0 Å². The Bertz CT molecular complexity index is 671. The number of nitrogens with zero attached hydrogens (tertiary/aromatic N) is 1. The third-order valence-corrected chi connectivity index (χ3v) is 3.26. The maximum atomic E-state index is 13.2. The number of rotatable bonds is 4. The van der Waals surface area contributed by atoms with Crippen molar-refractivity contribution in [1.29, 1.82) is 0 Å². The van der Waals surface area contributed by atoms with Gasteiger partial charge in [-0.15, -0.1) is 0 Å². The molecule has 2 aromatic carbocycles. The van der Waals surface area contributed by atoms with E-state index >= 15 is 0 Å². The van der Waals surface area contributed by atoms with Crippen molar-refractivity contribution in [3.8, 4) is 0 Å². The summed E-state index contributed by atoms with van der Waals surface area (Å²) in [5, 5.41) is 10.9. The van der Waals surface area contributed by atoms with Crippen LogP contribution in [-0.4, -0.2) is 10.7 Å². The number of carbonyl (C=O) groups is 1. The van der Waals surface area contributed by atoms with Gasteiger partial charge in [-0.25, -0.2) is 4.39 Å². The Balaban J connectivity index is 2.31. The average molecular weight is 338 g/mol. The molecule has 0 amide bonds. The summed E-state index contributed by atoms with van der Waals surface area (Å²) in [5.74, 6) is -1.16. The zero-order chi connectivity index (χ0) is 14.7. The predicted molar refractivity (Wildman–Crippen MR) is 75.2 cm³/mol. The minimum Gasteiger partial charge on any atom is -0.294 e. The van der Waals surface area contributed by atoms with Gasteiger partial charge in [-0.1, -0.05) is 28.1 Å². The number of hydrogen-bond donors (Lipinski definition) is 0. The molecule has 2 aromatic rings. The van der Waals surface area contributed by atoms with Gasteiger partial charge in [0, 0.05) is 17.0 Å². The molecule has 0 fully saturated rings. The molecule has 2 rings (SSSR count). The van der Waals surface area contributed by atoms with Crippen molar-refractivity contribution in [1.82, 2.24) is 0 Å². The number of nitro benzene ring substituents is 1. The van der Waals surface area contributed by atoms with Crippen LogP contribution in [0.1, 0.15) is 15.9 Å². The number of nitro groups is 1. The van der Waals surface area contributed by atoms with Gasteiger partial charge in [-0.2, -0.15) is 0 Å². The van der Waals surface area contributed by atoms with E-state index in [1.54, 1.807) is 24.3 Å². The van der Waals surface area contributed by atoms with Crippen molar-refractivity contribution in [2.75, 3.05) is 0 Å². The van der Waals surface area contributed by atoms with Gasteiger partial charge in [0.2, 0.25) is 0 Å². The molecular formula is C14H9BrFNO3. The Morgan fingerprint density at radius 2 is 1.85 bits per heavy atom. The maximum Gasteiger partial charge on any atom is 0.280 e. The van der Waals surface area contributed by atoms with Crippen molar-refractivity contribution < 1.29 is 14.1 Å². The first-order valence-electron chi connectivity index (χ1n) is 5.69. The highest BCUT2D eigenvalue weighted by Gasteiger charge is 2.20. The molecule has 0 unspecified atom stereocenters. The third kappa shape index (κ3) is 3.27. The average Bonchev–Trinajstić information content (AvgIpc) is 2.41. The van der Waals surface area contributed by atoms with Gasteiger partial charge in [0.25, 0.3) is 5.69 Å². The standard InChI is InChI=1S/C14H9BrFNO3/c15-10-3-1-9(2-4-10)7-14(18)12-8-11(16)5-6-13(12)17(19)20/h1-6,8H,7H2. The fourth-order valence-corrected chi connectivity index (χ4v) is 2.04. The molecule has 4 nitrogen and oxygen atoms in total. The van der Waals surface area contributed by atoms with Crippen molar-refractivity contribution in [3.05, 3.63) is 74.0 Å². The lowest BCUT2D eigenvalue weighted by molar-refractivity contribution is -0.385. The fourth-order valence-electron chi connectivity index (χ4n) is 1.77. The van der Waals surface area contributed by atoms with E-state index in [1.807, 2.05) is 0 Å². The van der Waals surface area contributed by atoms with Gasteiger partial charge in [0.15, 0.2) is 5.78 Å². The van der Waals surface area contributed by atoms with E-state index < -0.39 is 16.5 Å². The van der Waals surface area contributed by atoms with E-state index in [9.17, 15) is 19.3 Å². The van der Waals surface area contributed by atoms with Gasteiger partial charge in [0.1, 0.15) is 5.82 Å². The molecule has 0 aliphatic heterocycles. The van der Waals surface area contributed by atoms with Crippen molar-refractivity contribution in [2.45, 2.75) is 6.42 Å². The van der Waals surface area contributed by atoms with Crippen LogP contribution >= 0.6 is 15.9 Å². The Hall–Kier alpha value is -2.08. The first-order valence-corrected chi connectivity index (χ1v) is 6.48. The summed E-state index contributed by atoms with van der Waals surface area (Å²) in [6.45, 7) is 0. The minimum atomic E-state index is -0.686. The van der Waals surface area contributed by atoms with Crippen molar-refractivity contribution in [2.24, 2.45) is 0 Å². The first kappa shape index (κ1) is 14.3. The quantitative estimate of drug-likeness (QED) is 0.482. The first-order chi connectivity index (χ1) is 9.47. The largest absolute Gasteiger partial charge is 0.294 e. The second-order valence-corrected chi connectivity index (χ2v) is 5.06. The van der Waals surface area contributed by atoms with Gasteiger partial charge >= 0.3 is 0 Å². The molecule has 102 valence electrons. The van der Waals surface area contributed by atoms with Gasteiger partial charge in [-0.3, -0.25) is 14.9 Å². The summed E-state index contributed by atoms with van der Waals surface area (Å²) in [6.07, 6.45) is -0.0163. The Kier molecular flexibility index (Phi) is 4.24. The molecule has 0 spiro atoms.